The molecule has 0 radical (unpaired) electrons. The Bertz CT molecular complexity index is 1520. The summed E-state index contributed by atoms with van der Waals surface area (Å²) in [5.74, 6) is -0.395. The van der Waals surface area contributed by atoms with Crippen molar-refractivity contribution in [3.05, 3.63) is 120 Å². The summed E-state index contributed by atoms with van der Waals surface area (Å²) in [5.41, 5.74) is 12.1. The fraction of sp³-hybridized carbons (Fsp3) is 0.182. The monoisotopic (exact) mass is 456 g/mol. The maximum absolute atomic E-state index is 11.9. The molecular weight excluding hydrogens is 428 g/mol. The minimum atomic E-state index is -0.424. The Morgan fingerprint density at radius 1 is 0.714 bits per heavy atom. The van der Waals surface area contributed by atoms with Crippen molar-refractivity contribution < 1.29 is 9.53 Å². The van der Waals surface area contributed by atoms with Gasteiger partial charge in [-0.1, -0.05) is 93.2 Å². The van der Waals surface area contributed by atoms with Crippen LogP contribution < -0.4 is 0 Å². The van der Waals surface area contributed by atoms with E-state index in [0.717, 1.165) is 0 Å². The second-order valence-corrected chi connectivity index (χ2v) is 10.4. The lowest BCUT2D eigenvalue weighted by atomic mass is 9.79. The molecule has 4 aromatic carbocycles. The van der Waals surface area contributed by atoms with Gasteiger partial charge >= 0.3 is 5.97 Å². The predicted octanol–water partition coefficient (Wildman–Crippen LogP) is 7.68. The first-order chi connectivity index (χ1) is 16.8. The number of rotatable bonds is 4. The van der Waals surface area contributed by atoms with Crippen molar-refractivity contribution in [1.82, 2.24) is 0 Å². The zero-order valence-electron chi connectivity index (χ0n) is 20.4. The summed E-state index contributed by atoms with van der Waals surface area (Å²) in [7, 11) is 0. The van der Waals surface area contributed by atoms with Crippen molar-refractivity contribution in [3.8, 4) is 33.4 Å². The number of esters is 1. The van der Waals surface area contributed by atoms with Crippen molar-refractivity contribution in [3.63, 3.8) is 0 Å². The Labute approximate surface area is 206 Å². The van der Waals surface area contributed by atoms with E-state index in [1.807, 2.05) is 0 Å². The van der Waals surface area contributed by atoms with Gasteiger partial charge in [0.15, 0.2) is 0 Å². The van der Waals surface area contributed by atoms with Gasteiger partial charge < -0.3 is 4.74 Å². The lowest BCUT2D eigenvalue weighted by Gasteiger charge is -2.27. The number of hydrogen-bond donors (Lipinski definition) is 0. The number of ether oxygens (including phenoxy) is 1. The van der Waals surface area contributed by atoms with Gasteiger partial charge in [-0.3, -0.25) is 0 Å². The van der Waals surface area contributed by atoms with Gasteiger partial charge in [-0.15, -0.1) is 0 Å². The molecule has 0 amide bonds. The quantitative estimate of drug-likeness (QED) is 0.233. The highest BCUT2D eigenvalue weighted by atomic mass is 16.5. The molecule has 1 unspecified atom stereocenters. The van der Waals surface area contributed by atoms with E-state index >= 15 is 0 Å². The number of benzene rings is 4. The number of carbonyl (C=O) groups is 1. The van der Waals surface area contributed by atoms with Crippen LogP contribution in [0.15, 0.2) is 97.6 Å². The highest BCUT2D eigenvalue weighted by Gasteiger charge is 2.41. The van der Waals surface area contributed by atoms with Crippen LogP contribution >= 0.6 is 0 Å². The zero-order chi connectivity index (χ0) is 24.4. The summed E-state index contributed by atoms with van der Waals surface area (Å²) >= 11 is 0. The minimum absolute atomic E-state index is 0.0394. The first-order valence-corrected chi connectivity index (χ1v) is 12.1. The third kappa shape index (κ3) is 3.06. The van der Waals surface area contributed by atoms with Gasteiger partial charge in [-0.25, -0.2) is 4.79 Å². The SMILES string of the molecule is C=CC(=O)OCC1(C)c2ccccc2-c2ccc(-c3ccc4c(c3)C(C)(C)c3ccccc3-4)cc21. The van der Waals surface area contributed by atoms with Crippen molar-refractivity contribution >= 4 is 5.97 Å². The van der Waals surface area contributed by atoms with Gasteiger partial charge in [0, 0.05) is 11.5 Å². The number of hydrogen-bond acceptors (Lipinski definition) is 2. The van der Waals surface area contributed by atoms with Crippen LogP contribution in [0.5, 0.6) is 0 Å². The van der Waals surface area contributed by atoms with E-state index in [-0.39, 0.29) is 12.0 Å². The molecule has 0 bridgehead atoms. The topological polar surface area (TPSA) is 26.3 Å². The molecule has 2 aliphatic rings. The molecule has 2 aliphatic carbocycles. The van der Waals surface area contributed by atoms with Crippen LogP contribution in [0.4, 0.5) is 0 Å². The lowest BCUT2D eigenvalue weighted by molar-refractivity contribution is -0.139. The molecule has 2 nitrogen and oxygen atoms in total. The largest absolute Gasteiger partial charge is 0.461 e. The predicted molar refractivity (Wildman–Crippen MR) is 142 cm³/mol. The van der Waals surface area contributed by atoms with E-state index in [1.165, 1.54) is 61.7 Å². The maximum Gasteiger partial charge on any atom is 0.330 e. The van der Waals surface area contributed by atoms with Crippen LogP contribution in [0.25, 0.3) is 33.4 Å². The van der Waals surface area contributed by atoms with Gasteiger partial charge in [-0.05, 0) is 74.7 Å². The van der Waals surface area contributed by atoms with E-state index in [1.54, 1.807) is 0 Å². The van der Waals surface area contributed by atoms with Crippen LogP contribution in [0.3, 0.4) is 0 Å². The van der Waals surface area contributed by atoms with Crippen molar-refractivity contribution in [2.45, 2.75) is 31.6 Å². The summed E-state index contributed by atoms with van der Waals surface area (Å²) in [5, 5.41) is 0. The Morgan fingerprint density at radius 3 is 1.89 bits per heavy atom. The van der Waals surface area contributed by atoms with E-state index in [4.69, 9.17) is 4.74 Å². The molecule has 0 spiro atoms. The first kappa shape index (κ1) is 21.6. The smallest absolute Gasteiger partial charge is 0.330 e. The Hall–Kier alpha value is -3.91. The van der Waals surface area contributed by atoms with Crippen LogP contribution in [0.1, 0.15) is 43.0 Å². The number of fused-ring (bicyclic) bond motifs is 6. The Balaban J connectivity index is 1.47. The average molecular weight is 457 g/mol. The zero-order valence-corrected chi connectivity index (χ0v) is 20.4. The van der Waals surface area contributed by atoms with Crippen molar-refractivity contribution in [2.75, 3.05) is 6.61 Å². The molecule has 0 saturated heterocycles. The molecule has 0 heterocycles. The summed E-state index contributed by atoms with van der Waals surface area (Å²) in [6, 6.07) is 30.7. The third-order valence-corrected chi connectivity index (χ3v) is 8.01. The fourth-order valence-electron chi connectivity index (χ4n) is 6.07. The summed E-state index contributed by atoms with van der Waals surface area (Å²) in [4.78, 5) is 11.9. The standard InChI is InChI=1S/C33H28O2/c1-5-31(34)35-20-33(4)28-13-9-7-11-24(28)26-17-15-22(19-30(26)33)21-14-16-25-23-10-6-8-12-27(23)32(2,3)29(25)18-21/h5-19H,1,20H2,2-4H3. The molecule has 1 atom stereocenters. The summed E-state index contributed by atoms with van der Waals surface area (Å²) in [6.07, 6.45) is 1.23. The second-order valence-electron chi connectivity index (χ2n) is 10.4. The van der Waals surface area contributed by atoms with E-state index in [9.17, 15) is 4.79 Å². The molecule has 2 heteroatoms. The normalized spacial score (nSPS) is 18.3. The molecular formula is C33H28O2. The Kier molecular flexibility index (Phi) is 4.66. The molecule has 0 N–H and O–H groups in total. The van der Waals surface area contributed by atoms with Crippen LogP contribution in [-0.2, 0) is 20.4 Å². The molecule has 35 heavy (non-hydrogen) atoms. The Morgan fingerprint density at radius 2 is 1.23 bits per heavy atom. The minimum Gasteiger partial charge on any atom is -0.461 e. The van der Waals surface area contributed by atoms with E-state index < -0.39 is 11.4 Å². The van der Waals surface area contributed by atoms with Crippen LogP contribution in [0.2, 0.25) is 0 Å². The average Bonchev–Trinajstić information content (AvgIpc) is 3.28. The molecule has 6 rings (SSSR count). The van der Waals surface area contributed by atoms with Crippen LogP contribution in [-0.4, -0.2) is 12.6 Å². The molecule has 0 aromatic heterocycles. The van der Waals surface area contributed by atoms with Gasteiger partial charge in [0.25, 0.3) is 0 Å². The van der Waals surface area contributed by atoms with Gasteiger partial charge in [0.05, 0.1) is 5.41 Å². The molecule has 0 saturated carbocycles. The highest BCUT2D eigenvalue weighted by Crippen LogP contribution is 2.52. The summed E-state index contributed by atoms with van der Waals surface area (Å²) < 4.78 is 5.60. The fourth-order valence-corrected chi connectivity index (χ4v) is 6.07. The summed E-state index contributed by atoms with van der Waals surface area (Å²) in [6.45, 7) is 10.6. The first-order valence-electron chi connectivity index (χ1n) is 12.1. The molecule has 0 aliphatic heterocycles. The van der Waals surface area contributed by atoms with E-state index in [2.05, 4.69) is 112 Å². The second kappa shape index (κ2) is 7.55. The lowest BCUT2D eigenvalue weighted by Crippen LogP contribution is -2.28. The number of carbonyl (C=O) groups excluding carboxylic acids is 1. The third-order valence-electron chi connectivity index (χ3n) is 8.01. The molecule has 4 aromatic rings. The van der Waals surface area contributed by atoms with Gasteiger partial charge in [0.2, 0.25) is 0 Å². The van der Waals surface area contributed by atoms with Crippen LogP contribution in [0, 0.1) is 0 Å². The van der Waals surface area contributed by atoms with Crippen molar-refractivity contribution in [2.24, 2.45) is 0 Å². The van der Waals surface area contributed by atoms with Gasteiger partial charge in [0.1, 0.15) is 6.61 Å². The maximum atomic E-state index is 11.9. The van der Waals surface area contributed by atoms with Gasteiger partial charge in [-0.2, -0.15) is 0 Å². The molecule has 172 valence electrons. The van der Waals surface area contributed by atoms with E-state index in [0.29, 0.717) is 0 Å². The molecule has 0 fully saturated rings. The van der Waals surface area contributed by atoms with Crippen molar-refractivity contribution in [1.29, 1.82) is 0 Å². The highest BCUT2D eigenvalue weighted by molar-refractivity contribution is 5.87.